The van der Waals surface area contributed by atoms with Crippen LogP contribution in [0.4, 0.5) is 0 Å². The molecule has 1 atom stereocenters. The highest BCUT2D eigenvalue weighted by atomic mass is 15.0. The average Bonchev–Trinajstić information content (AvgIpc) is 3.86. The van der Waals surface area contributed by atoms with Gasteiger partial charge in [0, 0.05) is 73.2 Å². The number of hydrogen-bond donors (Lipinski definition) is 1. The van der Waals surface area contributed by atoms with E-state index in [9.17, 15) is 0 Å². The Kier molecular flexibility index (Phi) is 5.29. The number of H-pyrrole nitrogens is 1. The second kappa shape index (κ2) is 9.46. The number of nitrogens with zero attached hydrogens (tertiary/aromatic N) is 1. The van der Waals surface area contributed by atoms with Crippen molar-refractivity contribution in [3.8, 4) is 39.1 Å². The summed E-state index contributed by atoms with van der Waals surface area (Å²) in [5, 5.41) is 2.67. The number of fused-ring (bicyclic) bond motifs is 14. The van der Waals surface area contributed by atoms with Gasteiger partial charge in [0.1, 0.15) is 0 Å². The lowest BCUT2D eigenvalue weighted by Crippen LogP contribution is -2.40. The molecule has 5 aromatic carbocycles. The summed E-state index contributed by atoms with van der Waals surface area (Å²) < 4.78 is 2.68. The Bertz CT molecular complexity index is 2920. The monoisotopic (exact) mass is 665 g/mol. The molecular formula is C49H38BN2. The first-order chi connectivity index (χ1) is 25.2. The zero-order chi connectivity index (χ0) is 34.8. The summed E-state index contributed by atoms with van der Waals surface area (Å²) in [7, 11) is 2.52. The fourth-order valence-corrected chi connectivity index (χ4v) is 11.2. The fourth-order valence-electron chi connectivity index (χ4n) is 11.2. The van der Waals surface area contributed by atoms with Crippen LogP contribution in [0.3, 0.4) is 0 Å². The van der Waals surface area contributed by atoms with Gasteiger partial charge in [0.05, 0.1) is 5.52 Å². The van der Waals surface area contributed by atoms with Crippen molar-refractivity contribution in [1.29, 1.82) is 0 Å². The van der Waals surface area contributed by atoms with E-state index in [4.69, 9.17) is 0 Å². The zero-order valence-corrected chi connectivity index (χ0v) is 30.3. The van der Waals surface area contributed by atoms with Crippen molar-refractivity contribution < 1.29 is 0 Å². The van der Waals surface area contributed by atoms with Gasteiger partial charge in [0.25, 0.3) is 0 Å². The molecule has 2 aromatic heterocycles. The molecule has 3 heteroatoms. The molecule has 0 saturated carbocycles. The first-order valence-corrected chi connectivity index (χ1v) is 18.9. The highest BCUT2D eigenvalue weighted by molar-refractivity contribution is 6.73. The summed E-state index contributed by atoms with van der Waals surface area (Å²) in [5.74, 6) is 0.300. The molecule has 0 saturated heterocycles. The predicted octanol–water partition coefficient (Wildman–Crippen LogP) is 10.4. The lowest BCUT2D eigenvalue weighted by Gasteiger charge is -2.33. The molecule has 4 aliphatic carbocycles. The molecule has 5 aliphatic rings. The molecule has 0 fully saturated rings. The Morgan fingerprint density at radius 1 is 0.731 bits per heavy atom. The Morgan fingerprint density at radius 2 is 1.50 bits per heavy atom. The highest BCUT2D eigenvalue weighted by Gasteiger charge is 2.46. The second-order valence-corrected chi connectivity index (χ2v) is 16.7. The van der Waals surface area contributed by atoms with Gasteiger partial charge in [0.15, 0.2) is 7.28 Å². The van der Waals surface area contributed by atoms with Crippen LogP contribution in [0, 0.1) is 5.92 Å². The lowest BCUT2D eigenvalue weighted by atomic mass is 9.57. The molecule has 12 rings (SSSR count). The maximum atomic E-state index is 4.04. The van der Waals surface area contributed by atoms with Crippen molar-refractivity contribution in [3.63, 3.8) is 0 Å². The molecule has 1 N–H and O–H groups in total. The van der Waals surface area contributed by atoms with E-state index >= 15 is 0 Å². The van der Waals surface area contributed by atoms with Gasteiger partial charge in [-0.25, -0.2) is 0 Å². The first-order valence-electron chi connectivity index (χ1n) is 18.9. The summed E-state index contributed by atoms with van der Waals surface area (Å²) >= 11 is 0. The van der Waals surface area contributed by atoms with Gasteiger partial charge < -0.3 is 9.55 Å². The third-order valence-electron chi connectivity index (χ3n) is 13.3. The van der Waals surface area contributed by atoms with Crippen LogP contribution >= 0.6 is 0 Å². The van der Waals surface area contributed by atoms with Crippen LogP contribution in [0.1, 0.15) is 68.3 Å². The maximum absolute atomic E-state index is 4.04. The molecule has 52 heavy (non-hydrogen) atoms. The van der Waals surface area contributed by atoms with Crippen molar-refractivity contribution in [2.75, 3.05) is 0 Å². The second-order valence-electron chi connectivity index (χ2n) is 16.7. The van der Waals surface area contributed by atoms with Gasteiger partial charge in [-0.2, -0.15) is 0 Å². The van der Waals surface area contributed by atoms with Gasteiger partial charge in [0.2, 0.25) is 0 Å². The van der Waals surface area contributed by atoms with E-state index in [0.717, 1.165) is 6.42 Å². The number of para-hydroxylation sites is 2. The van der Waals surface area contributed by atoms with Crippen molar-refractivity contribution in [2.24, 2.45) is 5.92 Å². The molecule has 2 nitrogen and oxygen atoms in total. The molecule has 1 aliphatic heterocycles. The molecule has 3 heterocycles. The fraction of sp³-hybridized carbons (Fsp3) is 0.184. The van der Waals surface area contributed by atoms with Crippen LogP contribution < -0.4 is 10.9 Å². The number of hydrogen-bond acceptors (Lipinski definition) is 0. The topological polar surface area (TPSA) is 20.7 Å². The van der Waals surface area contributed by atoms with E-state index in [1.165, 1.54) is 117 Å². The average molecular weight is 666 g/mol. The third kappa shape index (κ3) is 3.30. The van der Waals surface area contributed by atoms with Gasteiger partial charge in [-0.05, 0) is 61.6 Å². The van der Waals surface area contributed by atoms with E-state index in [1.54, 1.807) is 0 Å². The number of benzene rings is 5. The van der Waals surface area contributed by atoms with Crippen LogP contribution in [-0.2, 0) is 17.3 Å². The summed E-state index contributed by atoms with van der Waals surface area (Å²) in [6, 6.07) is 34.6. The zero-order valence-electron chi connectivity index (χ0n) is 30.3. The van der Waals surface area contributed by atoms with E-state index in [-0.39, 0.29) is 10.8 Å². The van der Waals surface area contributed by atoms with Crippen LogP contribution in [0.2, 0.25) is 0 Å². The van der Waals surface area contributed by atoms with Gasteiger partial charge in [-0.15, -0.1) is 0 Å². The van der Waals surface area contributed by atoms with Crippen molar-refractivity contribution in [1.82, 2.24) is 9.55 Å². The molecule has 1 radical (unpaired) electrons. The summed E-state index contributed by atoms with van der Waals surface area (Å²) in [4.78, 5) is 4.04. The number of rotatable bonds is 1. The number of aromatic amines is 1. The Morgan fingerprint density at radius 3 is 2.38 bits per heavy atom. The summed E-state index contributed by atoms with van der Waals surface area (Å²) in [6.45, 7) is 12.2. The van der Waals surface area contributed by atoms with E-state index in [2.05, 4.69) is 167 Å². The van der Waals surface area contributed by atoms with Crippen molar-refractivity contribution in [2.45, 2.75) is 51.9 Å². The molecule has 7 aromatic rings. The Balaban J connectivity index is 1.24. The quantitative estimate of drug-likeness (QED) is 0.169. The molecule has 0 amide bonds. The van der Waals surface area contributed by atoms with Crippen molar-refractivity contribution >= 4 is 45.6 Å². The summed E-state index contributed by atoms with van der Waals surface area (Å²) in [6.07, 6.45) is 10.2. The van der Waals surface area contributed by atoms with Gasteiger partial charge in [-0.3, -0.25) is 0 Å². The van der Waals surface area contributed by atoms with Gasteiger partial charge in [-0.1, -0.05) is 149 Å². The third-order valence-corrected chi connectivity index (χ3v) is 13.3. The molecular weight excluding hydrogens is 627 g/mol. The lowest BCUT2D eigenvalue weighted by molar-refractivity contribution is 0.624. The largest absolute Gasteiger partial charge is 0.357 e. The normalized spacial score (nSPS) is 18.8. The van der Waals surface area contributed by atoms with E-state index in [1.807, 2.05) is 0 Å². The van der Waals surface area contributed by atoms with E-state index < -0.39 is 0 Å². The number of allylic oxidation sites excluding steroid dienone is 6. The minimum Gasteiger partial charge on any atom is -0.357 e. The molecule has 1 unspecified atom stereocenters. The van der Waals surface area contributed by atoms with Crippen LogP contribution in [0.5, 0.6) is 0 Å². The minimum absolute atomic E-state index is 0.158. The van der Waals surface area contributed by atoms with Crippen LogP contribution in [0.25, 0.3) is 66.4 Å². The Labute approximate surface area is 305 Å². The molecule has 247 valence electrons. The Hall–Kier alpha value is -5.54. The first kappa shape index (κ1) is 29.1. The minimum atomic E-state index is -0.190. The predicted molar refractivity (Wildman–Crippen MR) is 219 cm³/mol. The number of aromatic nitrogens is 2. The number of nitrogens with one attached hydrogen (secondary N) is 1. The molecule has 0 spiro atoms. The molecule has 0 bridgehead atoms. The summed E-state index contributed by atoms with van der Waals surface area (Å²) in [5.41, 5.74) is 25.7. The maximum Gasteiger partial charge on any atom is 0.197 e. The van der Waals surface area contributed by atoms with Crippen molar-refractivity contribution in [3.05, 3.63) is 155 Å². The highest BCUT2D eigenvalue weighted by Crippen LogP contribution is 2.57. The van der Waals surface area contributed by atoms with Crippen LogP contribution in [0.15, 0.2) is 121 Å². The van der Waals surface area contributed by atoms with Crippen LogP contribution in [-0.4, -0.2) is 16.8 Å². The van der Waals surface area contributed by atoms with E-state index in [0.29, 0.717) is 5.92 Å². The SMILES string of the molecule is CC1C=CC=CC2=C1c1cc3c(c(-c4cccc5c6c([nH]c45)Cc4ccccc4-6)c1C2(C)C)[B]c1cccc2c4c(n-3c12)C(C)(C)c1ccccc1-4. The smallest absolute Gasteiger partial charge is 0.197 e. The standard InChI is InChI=1S/C49H38BN2/c1-26-14-6-10-22-35-39(26)33-25-38-44(50-36-23-13-20-32-41-29-17-9-11-21-34(29)49(4,5)47(41)52(38)46(32)36)42(43(33)48(35,2)3)31-19-12-18-30-40-28-16-8-7-15-27(28)24-37(40)51-45(30)31/h6-23,25-26,51H,24H2,1-5H3. The van der Waals surface area contributed by atoms with Gasteiger partial charge >= 0.3 is 0 Å².